The highest BCUT2D eigenvalue weighted by molar-refractivity contribution is 5.91. The first-order valence-electron chi connectivity index (χ1n) is 13.2. The van der Waals surface area contributed by atoms with Crippen molar-refractivity contribution in [3.8, 4) is 0 Å². The van der Waals surface area contributed by atoms with Crippen LogP contribution in [0.4, 0.5) is 5.69 Å². The molecule has 4 heteroatoms. The minimum absolute atomic E-state index is 0.0107. The highest BCUT2D eigenvalue weighted by Gasteiger charge is 2.62. The first-order chi connectivity index (χ1) is 15.9. The molecule has 7 atom stereocenters. The van der Waals surface area contributed by atoms with Crippen LogP contribution in [0.25, 0.3) is 0 Å². The van der Waals surface area contributed by atoms with E-state index in [2.05, 4.69) is 43.0 Å². The Balaban J connectivity index is 1.39. The molecule has 4 nitrogen and oxygen atoms in total. The highest BCUT2D eigenvalue weighted by Crippen LogP contribution is 2.68. The number of nitrogens with zero attached hydrogens (tertiary/aromatic N) is 1. The van der Waals surface area contributed by atoms with Crippen molar-refractivity contribution in [2.24, 2.45) is 28.6 Å². The summed E-state index contributed by atoms with van der Waals surface area (Å²) in [4.78, 5) is 14.7. The van der Waals surface area contributed by atoms with E-state index < -0.39 is 0 Å². The maximum absolute atomic E-state index is 12.3. The van der Waals surface area contributed by atoms with Gasteiger partial charge in [0.1, 0.15) is 0 Å². The van der Waals surface area contributed by atoms with Crippen LogP contribution in [-0.2, 0) is 9.53 Å². The van der Waals surface area contributed by atoms with Gasteiger partial charge in [-0.15, -0.1) is 0 Å². The van der Waals surface area contributed by atoms with Crippen LogP contribution in [0, 0.1) is 28.6 Å². The van der Waals surface area contributed by atoms with Crippen LogP contribution in [0.3, 0.4) is 0 Å². The quantitative estimate of drug-likeness (QED) is 0.682. The van der Waals surface area contributed by atoms with Crippen LogP contribution in [-0.4, -0.2) is 43.3 Å². The van der Waals surface area contributed by atoms with E-state index in [4.69, 9.17) is 4.74 Å². The number of allylic oxidation sites excluding steroid dienone is 1. The van der Waals surface area contributed by atoms with Crippen LogP contribution in [0.2, 0.25) is 0 Å². The molecule has 0 amide bonds. The lowest BCUT2D eigenvalue weighted by molar-refractivity contribution is -0.118. The number of aliphatic hydroxyl groups is 1. The number of aliphatic hydroxyl groups excluding tert-OH is 1. The molecule has 0 aromatic heterocycles. The third-order valence-electron chi connectivity index (χ3n) is 10.6. The highest BCUT2D eigenvalue weighted by atomic mass is 16.5. The molecule has 1 N–H and O–H groups in total. The Bertz CT molecular complexity index is 948. The Hall–Kier alpha value is -1.65. The van der Waals surface area contributed by atoms with Gasteiger partial charge in [0.15, 0.2) is 5.78 Å². The predicted octanol–water partition coefficient (Wildman–Crippen LogP) is 5.11. The SMILES string of the molecule is CC12CCC(=O)C=C1CCC1C2C(c2ccc(N3CCOCC3)cc2)CC2(C)C(O)CCC12. The lowest BCUT2D eigenvalue weighted by atomic mass is 9.44. The van der Waals surface area contributed by atoms with E-state index in [0.29, 0.717) is 35.9 Å². The summed E-state index contributed by atoms with van der Waals surface area (Å²) >= 11 is 0. The molecule has 4 aliphatic carbocycles. The Kier molecular flexibility index (Phi) is 5.26. The summed E-state index contributed by atoms with van der Waals surface area (Å²) in [6.07, 6.45) is 8.92. The van der Waals surface area contributed by atoms with Crippen LogP contribution >= 0.6 is 0 Å². The van der Waals surface area contributed by atoms with Crippen LogP contribution in [0.1, 0.15) is 70.3 Å². The Morgan fingerprint density at radius 1 is 1.03 bits per heavy atom. The third kappa shape index (κ3) is 3.35. The molecule has 1 aliphatic heterocycles. The largest absolute Gasteiger partial charge is 0.393 e. The van der Waals surface area contributed by atoms with Gasteiger partial charge in [-0.25, -0.2) is 0 Å². The molecule has 178 valence electrons. The second-order valence-corrected chi connectivity index (χ2v) is 12.0. The summed E-state index contributed by atoms with van der Waals surface area (Å²) in [5.41, 5.74) is 4.26. The number of benzene rings is 1. The van der Waals surface area contributed by atoms with Crippen molar-refractivity contribution in [3.63, 3.8) is 0 Å². The van der Waals surface area contributed by atoms with E-state index >= 15 is 0 Å². The molecular formula is C29H39NO3. The maximum atomic E-state index is 12.3. The van der Waals surface area contributed by atoms with Crippen molar-refractivity contribution in [2.45, 2.75) is 70.8 Å². The summed E-state index contributed by atoms with van der Waals surface area (Å²) in [6.45, 7) is 8.36. The third-order valence-corrected chi connectivity index (χ3v) is 10.6. The van der Waals surface area contributed by atoms with Gasteiger partial charge in [-0.3, -0.25) is 4.79 Å². The van der Waals surface area contributed by atoms with Gasteiger partial charge in [-0.2, -0.15) is 0 Å². The van der Waals surface area contributed by atoms with Crippen molar-refractivity contribution in [1.29, 1.82) is 0 Å². The second kappa shape index (κ2) is 7.95. The number of rotatable bonds is 2. The van der Waals surface area contributed by atoms with Gasteiger partial charge < -0.3 is 14.7 Å². The van der Waals surface area contributed by atoms with E-state index in [1.54, 1.807) is 0 Å². The predicted molar refractivity (Wildman–Crippen MR) is 130 cm³/mol. The van der Waals surface area contributed by atoms with Gasteiger partial charge >= 0.3 is 0 Å². The van der Waals surface area contributed by atoms with E-state index in [9.17, 15) is 9.90 Å². The molecule has 7 unspecified atom stereocenters. The fourth-order valence-corrected chi connectivity index (χ4v) is 8.80. The van der Waals surface area contributed by atoms with Crippen LogP contribution in [0.15, 0.2) is 35.9 Å². The first-order valence-corrected chi connectivity index (χ1v) is 13.2. The van der Waals surface area contributed by atoms with Crippen molar-refractivity contribution in [1.82, 2.24) is 0 Å². The molecule has 6 rings (SSSR count). The molecule has 1 heterocycles. The lowest BCUT2D eigenvalue weighted by Gasteiger charge is -2.61. The van der Waals surface area contributed by atoms with Gasteiger partial charge in [-0.1, -0.05) is 31.6 Å². The van der Waals surface area contributed by atoms with Crippen molar-refractivity contribution < 1.29 is 14.6 Å². The summed E-state index contributed by atoms with van der Waals surface area (Å²) in [7, 11) is 0. The Morgan fingerprint density at radius 2 is 1.79 bits per heavy atom. The minimum Gasteiger partial charge on any atom is -0.393 e. The molecule has 33 heavy (non-hydrogen) atoms. The van der Waals surface area contributed by atoms with Gasteiger partial charge in [0.05, 0.1) is 19.3 Å². The zero-order valence-electron chi connectivity index (χ0n) is 20.3. The van der Waals surface area contributed by atoms with Gasteiger partial charge in [-0.05, 0) is 96.8 Å². The average molecular weight is 450 g/mol. The zero-order chi connectivity index (χ0) is 22.8. The number of hydrogen-bond donors (Lipinski definition) is 1. The molecule has 5 aliphatic rings. The lowest BCUT2D eigenvalue weighted by Crippen LogP contribution is -2.54. The Morgan fingerprint density at radius 3 is 2.55 bits per heavy atom. The number of ether oxygens (including phenoxy) is 1. The molecular weight excluding hydrogens is 410 g/mol. The molecule has 1 saturated heterocycles. The van der Waals surface area contributed by atoms with E-state index in [1.165, 1.54) is 23.2 Å². The van der Waals surface area contributed by atoms with E-state index in [1.807, 2.05) is 6.08 Å². The van der Waals surface area contributed by atoms with Crippen LogP contribution in [0.5, 0.6) is 0 Å². The summed E-state index contributed by atoms with van der Waals surface area (Å²) < 4.78 is 5.53. The van der Waals surface area contributed by atoms with Gasteiger partial charge in [0.2, 0.25) is 0 Å². The number of hydrogen-bond acceptors (Lipinski definition) is 4. The number of fused-ring (bicyclic) bond motifs is 5. The van der Waals surface area contributed by atoms with Crippen molar-refractivity contribution >= 4 is 11.5 Å². The molecule has 3 saturated carbocycles. The van der Waals surface area contributed by atoms with E-state index in [-0.39, 0.29) is 16.9 Å². The summed E-state index contributed by atoms with van der Waals surface area (Å²) in [5, 5.41) is 11.1. The molecule has 1 aromatic rings. The van der Waals surface area contributed by atoms with Crippen LogP contribution < -0.4 is 4.90 Å². The number of anilines is 1. The standard InChI is InChI=1S/C29H39NO3/c1-28-12-11-22(31)17-20(28)5-8-23-25-9-10-26(32)29(25,2)18-24(27(23)28)19-3-6-21(7-4-19)30-13-15-33-16-14-30/h3-4,6-7,17,23-27,32H,5,8-16,18H2,1-2H3. The molecule has 1 aromatic carbocycles. The fraction of sp³-hybridized carbons (Fsp3) is 0.690. The van der Waals surface area contributed by atoms with Crippen molar-refractivity contribution in [2.75, 3.05) is 31.2 Å². The summed E-state index contributed by atoms with van der Waals surface area (Å²) in [5.74, 6) is 2.56. The number of carbonyl (C=O) groups excluding carboxylic acids is 1. The monoisotopic (exact) mass is 449 g/mol. The topological polar surface area (TPSA) is 49.8 Å². The van der Waals surface area contributed by atoms with Gasteiger partial charge in [0, 0.05) is 25.2 Å². The molecule has 4 fully saturated rings. The second-order valence-electron chi connectivity index (χ2n) is 12.0. The maximum Gasteiger partial charge on any atom is 0.155 e. The fourth-order valence-electron chi connectivity index (χ4n) is 8.80. The number of ketones is 1. The average Bonchev–Trinajstić information content (AvgIpc) is 3.14. The van der Waals surface area contributed by atoms with E-state index in [0.717, 1.165) is 58.4 Å². The molecule has 0 spiro atoms. The number of carbonyl (C=O) groups is 1. The Labute approximate surface area is 198 Å². The van der Waals surface area contributed by atoms with Crippen molar-refractivity contribution in [3.05, 3.63) is 41.5 Å². The zero-order valence-corrected chi connectivity index (χ0v) is 20.3. The first kappa shape index (κ1) is 21.9. The number of morpholine rings is 1. The normalized spacial score (nSPS) is 42.9. The van der Waals surface area contributed by atoms with Gasteiger partial charge in [0.25, 0.3) is 0 Å². The molecule has 0 radical (unpaired) electrons. The molecule has 0 bridgehead atoms. The smallest absolute Gasteiger partial charge is 0.155 e. The minimum atomic E-state index is -0.184. The summed E-state index contributed by atoms with van der Waals surface area (Å²) in [6, 6.07) is 9.35.